The Morgan fingerprint density at radius 3 is 1.00 bits per heavy atom. The SMILES string of the molecule is O.O=C(O)CC(O)(CC(=O)O)C(=O)O.O=P([O-])(O)O.O=P([O-])(O)O.[Na+].[Na+]. The van der Waals surface area contributed by atoms with Crippen molar-refractivity contribution in [2.24, 2.45) is 0 Å². The van der Waals surface area contributed by atoms with Gasteiger partial charge in [-0.25, -0.2) is 4.79 Å². The van der Waals surface area contributed by atoms with Crippen molar-refractivity contribution in [2.75, 3.05) is 0 Å². The summed E-state index contributed by atoms with van der Waals surface area (Å²) in [6, 6.07) is 0. The summed E-state index contributed by atoms with van der Waals surface area (Å²) < 4.78 is 17.5. The summed E-state index contributed by atoms with van der Waals surface area (Å²) in [6.45, 7) is 0. The van der Waals surface area contributed by atoms with Crippen LogP contribution in [0.15, 0.2) is 0 Å². The third-order valence-electron chi connectivity index (χ3n) is 1.29. The molecule has 0 aromatic carbocycles. The number of carboxylic acids is 3. The molecule has 0 atom stereocenters. The fourth-order valence-electron chi connectivity index (χ4n) is 0.714. The Morgan fingerprint density at radius 1 is 0.769 bits per heavy atom. The van der Waals surface area contributed by atoms with Crippen LogP contribution in [0.5, 0.6) is 0 Å². The van der Waals surface area contributed by atoms with Gasteiger partial charge in [0.1, 0.15) is 0 Å². The van der Waals surface area contributed by atoms with Crippen LogP contribution in [0.3, 0.4) is 0 Å². The quantitative estimate of drug-likeness (QED) is 0.142. The molecule has 10 N–H and O–H groups in total. The second-order valence-electron chi connectivity index (χ2n) is 3.46. The number of hydrogen-bond donors (Lipinski definition) is 8. The Kier molecular flexibility index (Phi) is 27.8. The third-order valence-corrected chi connectivity index (χ3v) is 1.29. The summed E-state index contributed by atoms with van der Waals surface area (Å²) in [6.07, 6.45) is -2.29. The largest absolute Gasteiger partial charge is 1.00 e. The molecule has 0 rings (SSSR count). The van der Waals surface area contributed by atoms with Crippen LogP contribution in [0.1, 0.15) is 12.8 Å². The molecule has 20 heteroatoms. The van der Waals surface area contributed by atoms with E-state index in [9.17, 15) is 14.4 Å². The minimum absolute atomic E-state index is 0. The van der Waals surface area contributed by atoms with Crippen molar-refractivity contribution in [2.45, 2.75) is 18.4 Å². The first-order valence-electron chi connectivity index (χ1n) is 4.70. The summed E-state index contributed by atoms with van der Waals surface area (Å²) in [4.78, 5) is 76.3. The predicted molar refractivity (Wildman–Crippen MR) is 64.8 cm³/mol. The van der Waals surface area contributed by atoms with Gasteiger partial charge in [0.05, 0.1) is 12.8 Å². The Morgan fingerprint density at radius 2 is 0.923 bits per heavy atom. The van der Waals surface area contributed by atoms with Crippen molar-refractivity contribution in [3.8, 4) is 0 Å². The molecule has 0 heterocycles. The van der Waals surface area contributed by atoms with Gasteiger partial charge in [0.2, 0.25) is 0 Å². The molecule has 0 aromatic heterocycles. The molecule has 26 heavy (non-hydrogen) atoms. The second kappa shape index (κ2) is 17.6. The molecule has 0 aromatic rings. The van der Waals surface area contributed by atoms with Crippen LogP contribution in [0.25, 0.3) is 0 Å². The van der Waals surface area contributed by atoms with Crippen LogP contribution in [-0.4, -0.2) is 69.0 Å². The van der Waals surface area contributed by atoms with Crippen molar-refractivity contribution in [3.05, 3.63) is 0 Å². The molecule has 0 fully saturated rings. The maximum atomic E-state index is 10.3. The first-order chi connectivity index (χ1) is 9.78. The molecule has 0 spiro atoms. The average molecular weight is 450 g/mol. The van der Waals surface area contributed by atoms with Gasteiger partial charge in [-0.05, 0) is 0 Å². The zero-order valence-electron chi connectivity index (χ0n) is 13.2. The van der Waals surface area contributed by atoms with Crippen LogP contribution in [0.4, 0.5) is 0 Å². The molecule has 0 aliphatic rings. The predicted octanol–water partition coefficient (Wildman–Crippen LogP) is -11.2. The van der Waals surface area contributed by atoms with E-state index >= 15 is 0 Å². The van der Waals surface area contributed by atoms with Gasteiger partial charge in [-0.1, -0.05) is 0 Å². The summed E-state index contributed by atoms with van der Waals surface area (Å²) in [5, 5.41) is 33.8. The van der Waals surface area contributed by atoms with Crippen LogP contribution in [0, 0.1) is 0 Å². The molecule has 0 aliphatic carbocycles. The Labute approximate surface area is 188 Å². The zero-order chi connectivity index (χ0) is 19.6. The van der Waals surface area contributed by atoms with E-state index in [1.165, 1.54) is 0 Å². The van der Waals surface area contributed by atoms with E-state index in [2.05, 4.69) is 0 Å². The van der Waals surface area contributed by atoms with E-state index in [-0.39, 0.29) is 64.6 Å². The van der Waals surface area contributed by atoms with Crippen LogP contribution >= 0.6 is 15.6 Å². The van der Waals surface area contributed by atoms with Gasteiger partial charge in [0, 0.05) is 0 Å². The molecule has 0 amide bonds. The smallest absolute Gasteiger partial charge is 0.756 e. The van der Waals surface area contributed by atoms with Gasteiger partial charge in [0.25, 0.3) is 15.6 Å². The summed E-state index contributed by atoms with van der Waals surface area (Å²) in [5.74, 6) is -5.02. The van der Waals surface area contributed by atoms with Gasteiger partial charge in [-0.2, -0.15) is 0 Å². The van der Waals surface area contributed by atoms with Gasteiger partial charge in [-0.15, -0.1) is 0 Å². The van der Waals surface area contributed by atoms with Crippen LogP contribution < -0.4 is 68.9 Å². The topological polar surface area (TPSA) is 325 Å². The number of carboxylic acid groups (broad SMARTS) is 3. The molecule has 0 unspecified atom stereocenters. The van der Waals surface area contributed by atoms with Crippen molar-refractivity contribution < 1.29 is 138 Å². The number of hydrogen-bond acceptors (Lipinski definition) is 8. The average Bonchev–Trinajstić information content (AvgIpc) is 2.07. The first kappa shape index (κ1) is 41.0. The molecule has 0 bridgehead atoms. The maximum Gasteiger partial charge on any atom is 1.00 e. The normalized spacial score (nSPS) is 9.96. The van der Waals surface area contributed by atoms with Gasteiger partial charge >= 0.3 is 77.0 Å². The molecule has 0 saturated carbocycles. The fourth-order valence-corrected chi connectivity index (χ4v) is 0.714. The Balaban J connectivity index is -0.0000000652. The van der Waals surface area contributed by atoms with Crippen molar-refractivity contribution in [3.63, 3.8) is 0 Å². The van der Waals surface area contributed by atoms with Gasteiger partial charge < -0.3 is 55.3 Å². The van der Waals surface area contributed by atoms with Crippen molar-refractivity contribution in [1.82, 2.24) is 0 Å². The van der Waals surface area contributed by atoms with E-state index in [0.29, 0.717) is 0 Å². The first-order valence-corrected chi connectivity index (χ1v) is 7.76. The Bertz CT molecular complexity index is 456. The Hall–Kier alpha value is 0.550. The standard InChI is InChI=1S/C6H8O7.2Na.2H3O4P.H2O/c7-3(8)1-6(13,5(11)12)2-4(9)10;;;2*1-5(2,3)4;/h13H,1-2H2,(H,7,8)(H,9,10)(H,11,12);;;2*(H3,1,2,3,4);1H2/q;2*+1;;;/p-2. The van der Waals surface area contributed by atoms with Gasteiger partial charge in [-0.3, -0.25) is 18.7 Å². The van der Waals surface area contributed by atoms with E-state index in [4.69, 9.17) is 58.9 Å². The van der Waals surface area contributed by atoms with E-state index < -0.39 is 52.0 Å². The summed E-state index contributed by atoms with van der Waals surface area (Å²) in [5.41, 5.74) is -2.74. The van der Waals surface area contributed by atoms with E-state index in [1.54, 1.807) is 0 Å². The second-order valence-corrected chi connectivity index (χ2v) is 5.42. The van der Waals surface area contributed by atoms with Crippen molar-refractivity contribution >= 4 is 33.6 Å². The molecular formula is C6H14Na2O16P2. The number of phosphoric acid groups is 2. The summed E-state index contributed by atoms with van der Waals surface area (Å²) in [7, 11) is -9.78. The minimum Gasteiger partial charge on any atom is -0.756 e. The maximum absolute atomic E-state index is 10.3. The molecule has 0 radical (unpaired) electrons. The van der Waals surface area contributed by atoms with E-state index in [0.717, 1.165) is 0 Å². The molecule has 0 aliphatic heterocycles. The number of rotatable bonds is 5. The third kappa shape index (κ3) is 49.7. The fraction of sp³-hybridized carbons (Fsp3) is 0.500. The summed E-state index contributed by atoms with van der Waals surface area (Å²) >= 11 is 0. The molecule has 16 nitrogen and oxygen atoms in total. The monoisotopic (exact) mass is 450 g/mol. The number of carbonyl (C=O) groups is 3. The minimum atomic E-state index is -4.89. The molecule has 146 valence electrons. The van der Waals surface area contributed by atoms with Crippen LogP contribution in [-0.2, 0) is 23.5 Å². The zero-order valence-corrected chi connectivity index (χ0v) is 19.0. The molecular weight excluding hydrogens is 436 g/mol. The van der Waals surface area contributed by atoms with Crippen LogP contribution in [0.2, 0.25) is 0 Å². The number of aliphatic hydroxyl groups is 1. The molecule has 0 saturated heterocycles. The van der Waals surface area contributed by atoms with Crippen molar-refractivity contribution in [1.29, 1.82) is 0 Å². The van der Waals surface area contributed by atoms with Gasteiger partial charge in [0.15, 0.2) is 5.60 Å². The van der Waals surface area contributed by atoms with E-state index in [1.807, 2.05) is 0 Å². The number of aliphatic carboxylic acids is 3.